The molecule has 1 saturated heterocycles. The normalized spacial score (nSPS) is 17.4. The summed E-state index contributed by atoms with van der Waals surface area (Å²) in [5.41, 5.74) is 1.31. The van der Waals surface area contributed by atoms with Crippen LogP contribution in [0.1, 0.15) is 27.3 Å². The highest BCUT2D eigenvalue weighted by molar-refractivity contribution is 7.09. The number of amides is 3. The van der Waals surface area contributed by atoms with E-state index in [1.54, 1.807) is 35.7 Å². The smallest absolute Gasteiger partial charge is 0.324 e. The van der Waals surface area contributed by atoms with Gasteiger partial charge in [-0.2, -0.15) is 0 Å². The van der Waals surface area contributed by atoms with Gasteiger partial charge in [-0.3, -0.25) is 15.1 Å². The first-order valence-corrected chi connectivity index (χ1v) is 11.4. The van der Waals surface area contributed by atoms with E-state index in [4.69, 9.17) is 4.74 Å². The fourth-order valence-corrected chi connectivity index (χ4v) is 4.62. The van der Waals surface area contributed by atoms with Crippen molar-refractivity contribution in [3.05, 3.63) is 64.2 Å². The van der Waals surface area contributed by atoms with E-state index in [-0.39, 0.29) is 11.4 Å². The summed E-state index contributed by atoms with van der Waals surface area (Å²) in [7, 11) is 1.49. The van der Waals surface area contributed by atoms with Gasteiger partial charge in [-0.1, -0.05) is 6.07 Å². The van der Waals surface area contributed by atoms with Crippen LogP contribution in [0.3, 0.4) is 0 Å². The molecule has 0 saturated carbocycles. The molecule has 0 aliphatic carbocycles. The van der Waals surface area contributed by atoms with E-state index < -0.39 is 6.03 Å². The summed E-state index contributed by atoms with van der Waals surface area (Å²) in [5.74, 6) is 0.526. The predicted octanol–water partition coefficient (Wildman–Crippen LogP) is 3.20. The zero-order valence-electron chi connectivity index (χ0n) is 18.5. The molecular weight excluding hydrogens is 440 g/mol. The standard InChI is InChI=1S/C23H26N6O3S/c1-15-12-26-20(13-25-15)28-22(31)27-18-6-5-16(10-19(18)32-2)21(30)29-23(7-8-24-14-23)11-17-4-3-9-33-17/h3-6,9-10,12-13,24H,7-8,11,14H2,1-2H3,(H,29,30)(H2,26,27,28,31)/t23-/m1/s1. The summed E-state index contributed by atoms with van der Waals surface area (Å²) in [6.45, 7) is 3.39. The summed E-state index contributed by atoms with van der Waals surface area (Å²) >= 11 is 1.69. The first kappa shape index (κ1) is 22.7. The number of aromatic nitrogens is 2. The molecule has 1 fully saturated rings. The van der Waals surface area contributed by atoms with Crippen LogP contribution in [0.5, 0.6) is 5.75 Å². The van der Waals surface area contributed by atoms with Crippen molar-refractivity contribution in [3.63, 3.8) is 0 Å². The Morgan fingerprint density at radius 2 is 2.09 bits per heavy atom. The summed E-state index contributed by atoms with van der Waals surface area (Å²) < 4.78 is 5.42. The number of anilines is 2. The maximum Gasteiger partial charge on any atom is 0.324 e. The third-order valence-corrected chi connectivity index (χ3v) is 6.33. The Kier molecular flexibility index (Phi) is 6.85. The van der Waals surface area contributed by atoms with Gasteiger partial charge in [-0.25, -0.2) is 9.78 Å². The summed E-state index contributed by atoms with van der Waals surface area (Å²) in [5, 5.41) is 14.0. The second-order valence-electron chi connectivity index (χ2n) is 7.95. The Hall–Kier alpha value is -3.50. The fraction of sp³-hybridized carbons (Fsp3) is 0.304. The topological polar surface area (TPSA) is 117 Å². The van der Waals surface area contributed by atoms with Crippen LogP contribution in [-0.2, 0) is 6.42 Å². The quantitative estimate of drug-likeness (QED) is 0.425. The van der Waals surface area contributed by atoms with Gasteiger partial charge in [-0.05, 0) is 49.5 Å². The van der Waals surface area contributed by atoms with Crippen molar-refractivity contribution in [2.45, 2.75) is 25.3 Å². The number of hydrogen-bond acceptors (Lipinski definition) is 7. The summed E-state index contributed by atoms with van der Waals surface area (Å²) in [6, 6.07) is 8.56. The SMILES string of the molecule is COc1cc(C(=O)N[C@@]2(Cc3cccs3)CCNC2)ccc1NC(=O)Nc1cnc(C)cn1. The first-order valence-electron chi connectivity index (χ1n) is 10.6. The number of carbonyl (C=O) groups is 2. The van der Waals surface area contributed by atoms with Gasteiger partial charge in [0.15, 0.2) is 5.82 Å². The molecule has 3 aromatic rings. The van der Waals surface area contributed by atoms with Crippen LogP contribution in [0, 0.1) is 6.92 Å². The van der Waals surface area contributed by atoms with E-state index in [0.717, 1.165) is 31.6 Å². The van der Waals surface area contributed by atoms with Gasteiger partial charge in [0.1, 0.15) is 5.75 Å². The second-order valence-corrected chi connectivity index (χ2v) is 8.99. The molecule has 0 unspecified atom stereocenters. The average Bonchev–Trinajstić information content (AvgIpc) is 3.48. The number of aryl methyl sites for hydroxylation is 1. The lowest BCUT2D eigenvalue weighted by Gasteiger charge is -2.29. The van der Waals surface area contributed by atoms with Crippen molar-refractivity contribution in [2.75, 3.05) is 30.8 Å². The highest BCUT2D eigenvalue weighted by Crippen LogP contribution is 2.28. The molecule has 1 atom stereocenters. The van der Waals surface area contributed by atoms with E-state index in [0.29, 0.717) is 22.8 Å². The lowest BCUT2D eigenvalue weighted by molar-refractivity contribution is 0.0905. The van der Waals surface area contributed by atoms with Crippen LogP contribution in [0.15, 0.2) is 48.1 Å². The van der Waals surface area contributed by atoms with Crippen LogP contribution in [0.2, 0.25) is 0 Å². The zero-order valence-corrected chi connectivity index (χ0v) is 19.3. The average molecular weight is 467 g/mol. The van der Waals surface area contributed by atoms with E-state index >= 15 is 0 Å². The highest BCUT2D eigenvalue weighted by Gasteiger charge is 2.36. The van der Waals surface area contributed by atoms with Gasteiger partial charge in [0.05, 0.1) is 36.4 Å². The Morgan fingerprint density at radius 3 is 2.76 bits per heavy atom. The maximum atomic E-state index is 13.1. The number of hydrogen-bond donors (Lipinski definition) is 4. The van der Waals surface area contributed by atoms with Crippen molar-refractivity contribution < 1.29 is 14.3 Å². The number of carbonyl (C=O) groups excluding carboxylic acids is 2. The Morgan fingerprint density at radius 1 is 1.21 bits per heavy atom. The first-order chi connectivity index (χ1) is 16.0. The lowest BCUT2D eigenvalue weighted by atomic mass is 9.92. The molecule has 3 heterocycles. The largest absolute Gasteiger partial charge is 0.495 e. The number of methoxy groups -OCH3 is 1. The van der Waals surface area contributed by atoms with Gasteiger partial charge < -0.3 is 20.7 Å². The molecule has 0 radical (unpaired) electrons. The summed E-state index contributed by atoms with van der Waals surface area (Å²) in [4.78, 5) is 34.9. The molecule has 1 aromatic carbocycles. The van der Waals surface area contributed by atoms with E-state index in [1.807, 2.05) is 18.4 Å². The van der Waals surface area contributed by atoms with Crippen LogP contribution >= 0.6 is 11.3 Å². The molecule has 1 aliphatic rings. The minimum Gasteiger partial charge on any atom is -0.495 e. The highest BCUT2D eigenvalue weighted by atomic mass is 32.1. The molecule has 9 nitrogen and oxygen atoms in total. The number of rotatable bonds is 7. The molecule has 172 valence electrons. The van der Waals surface area contributed by atoms with Crippen molar-refractivity contribution in [3.8, 4) is 5.75 Å². The van der Waals surface area contributed by atoms with Crippen molar-refractivity contribution in [2.24, 2.45) is 0 Å². The van der Waals surface area contributed by atoms with Crippen LogP contribution in [-0.4, -0.2) is 47.6 Å². The molecule has 33 heavy (non-hydrogen) atoms. The number of nitrogens with one attached hydrogen (secondary N) is 4. The number of ether oxygens (including phenoxy) is 1. The lowest BCUT2D eigenvalue weighted by Crippen LogP contribution is -2.51. The molecule has 3 amide bonds. The van der Waals surface area contributed by atoms with Crippen molar-refractivity contribution in [1.82, 2.24) is 20.6 Å². The fourth-order valence-electron chi connectivity index (χ4n) is 3.77. The summed E-state index contributed by atoms with van der Waals surface area (Å²) in [6.07, 6.45) is 4.68. The number of benzene rings is 1. The number of nitrogens with zero attached hydrogens (tertiary/aromatic N) is 2. The molecule has 4 N–H and O–H groups in total. The van der Waals surface area contributed by atoms with E-state index in [1.165, 1.54) is 18.2 Å². The molecule has 1 aliphatic heterocycles. The van der Waals surface area contributed by atoms with Gasteiger partial charge in [0.25, 0.3) is 5.91 Å². The minimum atomic E-state index is -0.490. The second kappa shape index (κ2) is 9.97. The van der Waals surface area contributed by atoms with Crippen molar-refractivity contribution in [1.29, 1.82) is 0 Å². The molecule has 4 rings (SSSR count). The number of urea groups is 1. The van der Waals surface area contributed by atoms with E-state index in [9.17, 15) is 9.59 Å². The molecule has 0 spiro atoms. The Balaban J connectivity index is 1.44. The van der Waals surface area contributed by atoms with Gasteiger partial charge in [0.2, 0.25) is 0 Å². The zero-order chi connectivity index (χ0) is 23.3. The maximum absolute atomic E-state index is 13.1. The molecular formula is C23H26N6O3S. The van der Waals surface area contributed by atoms with Crippen LogP contribution in [0.4, 0.5) is 16.3 Å². The van der Waals surface area contributed by atoms with Gasteiger partial charge in [0, 0.05) is 23.4 Å². The number of thiophene rings is 1. The molecule has 2 aromatic heterocycles. The third-order valence-electron chi connectivity index (χ3n) is 5.45. The Labute approximate surface area is 196 Å². The molecule has 0 bridgehead atoms. The van der Waals surface area contributed by atoms with Crippen LogP contribution in [0.25, 0.3) is 0 Å². The monoisotopic (exact) mass is 466 g/mol. The van der Waals surface area contributed by atoms with E-state index in [2.05, 4.69) is 37.3 Å². The van der Waals surface area contributed by atoms with Crippen molar-refractivity contribution >= 4 is 34.8 Å². The van der Waals surface area contributed by atoms with Crippen LogP contribution < -0.4 is 26.0 Å². The Bertz CT molecular complexity index is 1110. The predicted molar refractivity (Wildman–Crippen MR) is 128 cm³/mol. The minimum absolute atomic E-state index is 0.181. The molecule has 10 heteroatoms. The third kappa shape index (κ3) is 5.65. The van der Waals surface area contributed by atoms with Gasteiger partial charge in [-0.15, -0.1) is 11.3 Å². The van der Waals surface area contributed by atoms with Gasteiger partial charge >= 0.3 is 6.03 Å².